The summed E-state index contributed by atoms with van der Waals surface area (Å²) >= 11 is 0. The van der Waals surface area contributed by atoms with Crippen LogP contribution >= 0.6 is 0 Å². The first-order valence-electron chi connectivity index (χ1n) is 6.97. The van der Waals surface area contributed by atoms with Crippen LogP contribution in [0.1, 0.15) is 39.0 Å². The number of nitrogens with zero attached hydrogens (tertiary/aromatic N) is 1. The minimum atomic E-state index is 0.773. The molecule has 2 atom stereocenters. The van der Waals surface area contributed by atoms with Gasteiger partial charge in [0.15, 0.2) is 0 Å². The van der Waals surface area contributed by atoms with Crippen molar-refractivity contribution in [3.63, 3.8) is 0 Å². The van der Waals surface area contributed by atoms with Crippen molar-refractivity contribution in [3.8, 4) is 0 Å². The van der Waals surface area contributed by atoms with Crippen molar-refractivity contribution in [1.82, 2.24) is 10.2 Å². The third kappa shape index (κ3) is 3.19. The number of nitrogens with one attached hydrogen (secondary N) is 1. The minimum Gasteiger partial charge on any atom is -0.382 e. The Morgan fingerprint density at radius 3 is 3.06 bits per heavy atom. The van der Waals surface area contributed by atoms with Crippen LogP contribution in [0.5, 0.6) is 0 Å². The molecular weight excluding hydrogens is 200 g/mol. The number of piperazine rings is 1. The lowest BCUT2D eigenvalue weighted by Gasteiger charge is -2.44. The van der Waals surface area contributed by atoms with E-state index in [1.165, 1.54) is 51.7 Å². The summed E-state index contributed by atoms with van der Waals surface area (Å²) in [6.07, 6.45) is 6.81. The standard InChI is InChI=1S/C13H26N2O/c1-2-16-11-5-9-15-10-8-14-12-6-3-4-7-13(12)15/h12-14H,2-11H2,1H3. The average Bonchev–Trinajstić information content (AvgIpc) is 2.35. The van der Waals surface area contributed by atoms with E-state index >= 15 is 0 Å². The fourth-order valence-electron chi connectivity index (χ4n) is 3.14. The number of hydrogen-bond acceptors (Lipinski definition) is 3. The lowest BCUT2D eigenvalue weighted by atomic mass is 9.87. The maximum Gasteiger partial charge on any atom is 0.0478 e. The Bertz CT molecular complexity index is 196. The molecule has 2 unspecified atom stereocenters. The van der Waals surface area contributed by atoms with Gasteiger partial charge in [0.2, 0.25) is 0 Å². The molecule has 94 valence electrons. The summed E-state index contributed by atoms with van der Waals surface area (Å²) in [4.78, 5) is 2.69. The first kappa shape index (κ1) is 12.3. The molecule has 1 saturated heterocycles. The monoisotopic (exact) mass is 226 g/mol. The van der Waals surface area contributed by atoms with Crippen LogP contribution in [0.3, 0.4) is 0 Å². The molecule has 0 aromatic rings. The molecule has 1 N–H and O–H groups in total. The van der Waals surface area contributed by atoms with E-state index in [0.717, 1.165) is 25.3 Å². The van der Waals surface area contributed by atoms with Crippen molar-refractivity contribution in [2.75, 3.05) is 32.8 Å². The molecule has 1 saturated carbocycles. The highest BCUT2D eigenvalue weighted by molar-refractivity contribution is 4.91. The van der Waals surface area contributed by atoms with Gasteiger partial charge in [0.1, 0.15) is 0 Å². The Morgan fingerprint density at radius 1 is 1.31 bits per heavy atom. The molecule has 1 heterocycles. The van der Waals surface area contributed by atoms with Gasteiger partial charge in [-0.2, -0.15) is 0 Å². The van der Waals surface area contributed by atoms with E-state index in [1.807, 2.05) is 0 Å². The molecule has 0 aromatic heterocycles. The first-order valence-corrected chi connectivity index (χ1v) is 6.97. The molecule has 2 aliphatic rings. The van der Waals surface area contributed by atoms with Crippen LogP contribution in [0.2, 0.25) is 0 Å². The lowest BCUT2D eigenvalue weighted by Crippen LogP contribution is -2.59. The molecule has 2 rings (SSSR count). The lowest BCUT2D eigenvalue weighted by molar-refractivity contribution is 0.0715. The van der Waals surface area contributed by atoms with Gasteiger partial charge in [-0.1, -0.05) is 12.8 Å². The summed E-state index contributed by atoms with van der Waals surface area (Å²) in [5.74, 6) is 0. The summed E-state index contributed by atoms with van der Waals surface area (Å²) in [7, 11) is 0. The molecule has 3 nitrogen and oxygen atoms in total. The Hall–Kier alpha value is -0.120. The van der Waals surface area contributed by atoms with Crippen molar-refractivity contribution < 1.29 is 4.74 Å². The second-order valence-corrected chi connectivity index (χ2v) is 5.00. The van der Waals surface area contributed by atoms with Gasteiger partial charge in [-0.3, -0.25) is 4.90 Å². The van der Waals surface area contributed by atoms with Crippen LogP contribution in [-0.4, -0.2) is 49.8 Å². The highest BCUT2D eigenvalue weighted by Crippen LogP contribution is 2.25. The predicted molar refractivity (Wildman–Crippen MR) is 66.7 cm³/mol. The van der Waals surface area contributed by atoms with Crippen LogP contribution < -0.4 is 5.32 Å². The van der Waals surface area contributed by atoms with Crippen molar-refractivity contribution in [1.29, 1.82) is 0 Å². The van der Waals surface area contributed by atoms with Gasteiger partial charge in [0, 0.05) is 44.9 Å². The van der Waals surface area contributed by atoms with Gasteiger partial charge in [-0.25, -0.2) is 0 Å². The number of ether oxygens (including phenoxy) is 1. The maximum absolute atomic E-state index is 5.42. The predicted octanol–water partition coefficient (Wildman–Crippen LogP) is 1.63. The smallest absolute Gasteiger partial charge is 0.0478 e. The summed E-state index contributed by atoms with van der Waals surface area (Å²) < 4.78 is 5.42. The second kappa shape index (κ2) is 6.58. The Labute approximate surface area is 99.5 Å². The van der Waals surface area contributed by atoms with Crippen LogP contribution in [0.25, 0.3) is 0 Å². The topological polar surface area (TPSA) is 24.5 Å². The van der Waals surface area contributed by atoms with E-state index in [4.69, 9.17) is 4.74 Å². The fourth-order valence-corrected chi connectivity index (χ4v) is 3.14. The largest absolute Gasteiger partial charge is 0.382 e. The molecule has 0 spiro atoms. The highest BCUT2D eigenvalue weighted by atomic mass is 16.5. The van der Waals surface area contributed by atoms with Gasteiger partial charge in [0.25, 0.3) is 0 Å². The normalized spacial score (nSPS) is 31.3. The highest BCUT2D eigenvalue weighted by Gasteiger charge is 2.32. The molecule has 0 bridgehead atoms. The molecule has 0 aromatic carbocycles. The number of hydrogen-bond donors (Lipinski definition) is 1. The molecule has 1 aliphatic carbocycles. The first-order chi connectivity index (χ1) is 7.92. The van der Waals surface area contributed by atoms with Crippen LogP contribution in [-0.2, 0) is 4.74 Å². The zero-order valence-corrected chi connectivity index (χ0v) is 10.6. The van der Waals surface area contributed by atoms with Crippen molar-refractivity contribution in [2.45, 2.75) is 51.1 Å². The van der Waals surface area contributed by atoms with Crippen molar-refractivity contribution in [3.05, 3.63) is 0 Å². The van der Waals surface area contributed by atoms with Gasteiger partial charge < -0.3 is 10.1 Å². The van der Waals surface area contributed by atoms with Gasteiger partial charge in [-0.15, -0.1) is 0 Å². The quantitative estimate of drug-likeness (QED) is 0.721. The Kier molecular flexibility index (Phi) is 5.07. The summed E-state index contributed by atoms with van der Waals surface area (Å²) in [5.41, 5.74) is 0. The van der Waals surface area contributed by atoms with E-state index < -0.39 is 0 Å². The molecule has 16 heavy (non-hydrogen) atoms. The van der Waals surface area contributed by atoms with Gasteiger partial charge in [0.05, 0.1) is 0 Å². The van der Waals surface area contributed by atoms with E-state index in [9.17, 15) is 0 Å². The number of fused-ring (bicyclic) bond motifs is 1. The van der Waals surface area contributed by atoms with E-state index in [0.29, 0.717) is 0 Å². The SMILES string of the molecule is CCOCCCN1CCNC2CCCCC21. The minimum absolute atomic E-state index is 0.773. The molecule has 2 fully saturated rings. The van der Waals surface area contributed by atoms with E-state index in [2.05, 4.69) is 17.1 Å². The van der Waals surface area contributed by atoms with E-state index in [1.54, 1.807) is 0 Å². The summed E-state index contributed by atoms with van der Waals surface area (Å²) in [6.45, 7) is 7.49. The van der Waals surface area contributed by atoms with Crippen LogP contribution in [0.4, 0.5) is 0 Å². The van der Waals surface area contributed by atoms with Gasteiger partial charge >= 0.3 is 0 Å². The Balaban J connectivity index is 1.74. The molecule has 3 heteroatoms. The third-order valence-electron chi connectivity index (χ3n) is 3.94. The van der Waals surface area contributed by atoms with Gasteiger partial charge in [-0.05, 0) is 26.2 Å². The average molecular weight is 226 g/mol. The van der Waals surface area contributed by atoms with Crippen LogP contribution in [0, 0.1) is 0 Å². The summed E-state index contributed by atoms with van der Waals surface area (Å²) in [6, 6.07) is 1.58. The maximum atomic E-state index is 5.42. The summed E-state index contributed by atoms with van der Waals surface area (Å²) in [5, 5.41) is 3.68. The number of rotatable bonds is 5. The van der Waals surface area contributed by atoms with Crippen LogP contribution in [0.15, 0.2) is 0 Å². The molecule has 0 radical (unpaired) electrons. The second-order valence-electron chi connectivity index (χ2n) is 5.00. The molecule has 1 aliphatic heterocycles. The third-order valence-corrected chi connectivity index (χ3v) is 3.94. The Morgan fingerprint density at radius 2 is 2.19 bits per heavy atom. The zero-order valence-electron chi connectivity index (χ0n) is 10.6. The van der Waals surface area contributed by atoms with Crippen molar-refractivity contribution in [2.24, 2.45) is 0 Å². The molecule has 0 amide bonds. The zero-order chi connectivity index (χ0) is 11.2. The molecular formula is C13H26N2O. The van der Waals surface area contributed by atoms with Crippen molar-refractivity contribution >= 4 is 0 Å². The fraction of sp³-hybridized carbons (Fsp3) is 1.00. The van der Waals surface area contributed by atoms with E-state index in [-0.39, 0.29) is 0 Å².